The van der Waals surface area contributed by atoms with E-state index in [0.29, 0.717) is 19.3 Å². The Morgan fingerprint density at radius 2 is 0.476 bits per heavy atom. The van der Waals surface area contributed by atoms with Gasteiger partial charge in [0, 0.05) is 19.3 Å². The van der Waals surface area contributed by atoms with E-state index < -0.39 is 6.10 Å². The lowest BCUT2D eigenvalue weighted by atomic mass is 10.0. The largest absolute Gasteiger partial charge is 0.462 e. The van der Waals surface area contributed by atoms with E-state index in [4.69, 9.17) is 14.2 Å². The third kappa shape index (κ3) is 66.6. The fourth-order valence-electron chi connectivity index (χ4n) is 9.62. The Labute approximate surface area is 507 Å². The standard InChI is InChI=1S/C76H128O6/c1-4-7-10-13-16-19-22-25-28-31-34-35-36-37-38-39-40-41-43-45-48-51-54-57-60-63-66-69-75(78)81-72-73(71-80-74(77)68-65-62-59-56-53-50-47-44-33-30-27-24-21-18-15-12-9-6-3)82-76(79)70-67-64-61-58-55-52-49-46-42-32-29-26-23-20-17-14-11-8-5-2/h7-8,10-11,16-17,19-20,25-26,28-29,34-35,37-38,40-42,46,73H,4-6,9,12-15,18,21-24,27,30-33,36,39,43-45,47-72H2,1-3H3/b10-7-,11-8-,19-16-,20-17-,28-25-,29-26-,35-34-,38-37-,41-40-,46-42-. The summed E-state index contributed by atoms with van der Waals surface area (Å²) in [5.41, 5.74) is 0. The van der Waals surface area contributed by atoms with Crippen molar-refractivity contribution >= 4 is 17.9 Å². The van der Waals surface area contributed by atoms with Crippen LogP contribution in [0.25, 0.3) is 0 Å². The zero-order valence-electron chi connectivity index (χ0n) is 53.7. The highest BCUT2D eigenvalue weighted by Gasteiger charge is 2.19. The van der Waals surface area contributed by atoms with Crippen LogP contribution in [0.4, 0.5) is 0 Å². The normalized spacial score (nSPS) is 12.9. The Hall–Kier alpha value is -4.19. The van der Waals surface area contributed by atoms with Crippen LogP contribution < -0.4 is 0 Å². The molecule has 6 nitrogen and oxygen atoms in total. The van der Waals surface area contributed by atoms with Crippen LogP contribution in [-0.2, 0) is 28.6 Å². The molecule has 0 saturated carbocycles. The molecule has 0 saturated heterocycles. The summed E-state index contributed by atoms with van der Waals surface area (Å²) in [4.78, 5) is 38.5. The van der Waals surface area contributed by atoms with Crippen LogP contribution in [0.5, 0.6) is 0 Å². The maximum Gasteiger partial charge on any atom is 0.306 e. The van der Waals surface area contributed by atoms with E-state index in [2.05, 4.69) is 142 Å². The van der Waals surface area contributed by atoms with Gasteiger partial charge in [-0.3, -0.25) is 14.4 Å². The first-order valence-corrected chi connectivity index (χ1v) is 34.5. The minimum absolute atomic E-state index is 0.0857. The van der Waals surface area contributed by atoms with E-state index in [-0.39, 0.29) is 31.1 Å². The summed E-state index contributed by atoms with van der Waals surface area (Å²) in [7, 11) is 0. The zero-order valence-corrected chi connectivity index (χ0v) is 53.7. The van der Waals surface area contributed by atoms with Gasteiger partial charge in [-0.2, -0.15) is 0 Å². The second kappa shape index (κ2) is 69.3. The first-order valence-electron chi connectivity index (χ1n) is 34.5. The number of rotatable bonds is 62. The second-order valence-electron chi connectivity index (χ2n) is 22.7. The minimum Gasteiger partial charge on any atom is -0.462 e. The number of hydrogen-bond acceptors (Lipinski definition) is 6. The van der Waals surface area contributed by atoms with Crippen LogP contribution in [0.1, 0.15) is 323 Å². The molecule has 0 aliphatic heterocycles. The maximum atomic E-state index is 13.0. The monoisotopic (exact) mass is 1140 g/mol. The van der Waals surface area contributed by atoms with Crippen molar-refractivity contribution < 1.29 is 28.6 Å². The third-order valence-corrected chi connectivity index (χ3v) is 14.7. The molecule has 1 unspecified atom stereocenters. The molecule has 0 bridgehead atoms. The van der Waals surface area contributed by atoms with Crippen LogP contribution >= 0.6 is 0 Å². The number of esters is 3. The number of unbranched alkanes of at least 4 members (excludes halogenated alkanes) is 31. The zero-order chi connectivity index (χ0) is 59.2. The highest BCUT2D eigenvalue weighted by molar-refractivity contribution is 5.71. The van der Waals surface area contributed by atoms with E-state index >= 15 is 0 Å². The van der Waals surface area contributed by atoms with Crippen molar-refractivity contribution in [3.63, 3.8) is 0 Å². The van der Waals surface area contributed by atoms with E-state index in [0.717, 1.165) is 141 Å². The first kappa shape index (κ1) is 77.8. The summed E-state index contributed by atoms with van der Waals surface area (Å²) >= 11 is 0. The van der Waals surface area contributed by atoms with Crippen molar-refractivity contribution in [2.75, 3.05) is 13.2 Å². The van der Waals surface area contributed by atoms with Crippen LogP contribution in [0.15, 0.2) is 122 Å². The van der Waals surface area contributed by atoms with Crippen molar-refractivity contribution in [2.24, 2.45) is 0 Å². The number of carbonyl (C=O) groups excluding carboxylic acids is 3. The van der Waals surface area contributed by atoms with Gasteiger partial charge in [0.05, 0.1) is 0 Å². The summed E-state index contributed by atoms with van der Waals surface area (Å²) in [6.07, 6.45) is 96.3. The van der Waals surface area contributed by atoms with Gasteiger partial charge in [-0.1, -0.05) is 316 Å². The van der Waals surface area contributed by atoms with Gasteiger partial charge in [0.25, 0.3) is 0 Å². The van der Waals surface area contributed by atoms with E-state index in [1.54, 1.807) is 0 Å². The molecule has 0 rings (SSSR count). The number of hydrogen-bond donors (Lipinski definition) is 0. The summed E-state index contributed by atoms with van der Waals surface area (Å²) in [6, 6.07) is 0. The molecule has 0 N–H and O–H groups in total. The molecule has 0 aromatic rings. The van der Waals surface area contributed by atoms with Crippen molar-refractivity contribution in [3.8, 4) is 0 Å². The fourth-order valence-corrected chi connectivity index (χ4v) is 9.62. The second-order valence-corrected chi connectivity index (χ2v) is 22.7. The van der Waals surface area contributed by atoms with Crippen LogP contribution in [-0.4, -0.2) is 37.2 Å². The lowest BCUT2D eigenvalue weighted by molar-refractivity contribution is -0.167. The summed E-state index contributed by atoms with van der Waals surface area (Å²) in [6.45, 7) is 6.43. The molecule has 82 heavy (non-hydrogen) atoms. The van der Waals surface area contributed by atoms with E-state index in [1.165, 1.54) is 141 Å². The van der Waals surface area contributed by atoms with Crippen molar-refractivity contribution in [2.45, 2.75) is 329 Å². The molecule has 0 radical (unpaired) electrons. The molecule has 0 aliphatic rings. The van der Waals surface area contributed by atoms with Crippen LogP contribution in [0, 0.1) is 0 Å². The molecular weight excluding hydrogens is 1010 g/mol. The van der Waals surface area contributed by atoms with Gasteiger partial charge in [-0.05, 0) is 109 Å². The van der Waals surface area contributed by atoms with Crippen LogP contribution in [0.2, 0.25) is 0 Å². The number of allylic oxidation sites excluding steroid dienone is 20. The molecule has 0 aliphatic carbocycles. The maximum absolute atomic E-state index is 13.0. The lowest BCUT2D eigenvalue weighted by Crippen LogP contribution is -2.30. The molecule has 0 heterocycles. The third-order valence-electron chi connectivity index (χ3n) is 14.7. The molecule has 1 atom stereocenters. The summed E-state index contributed by atoms with van der Waals surface area (Å²) < 4.78 is 17.0. The van der Waals surface area contributed by atoms with E-state index in [9.17, 15) is 14.4 Å². The topological polar surface area (TPSA) is 78.9 Å². The summed E-state index contributed by atoms with van der Waals surface area (Å²) in [5, 5.41) is 0. The van der Waals surface area contributed by atoms with Gasteiger partial charge in [0.1, 0.15) is 13.2 Å². The predicted octanol–water partition coefficient (Wildman–Crippen LogP) is 23.9. The van der Waals surface area contributed by atoms with Crippen molar-refractivity contribution in [1.29, 1.82) is 0 Å². The average Bonchev–Trinajstić information content (AvgIpc) is 3.47. The van der Waals surface area contributed by atoms with Gasteiger partial charge >= 0.3 is 17.9 Å². The van der Waals surface area contributed by atoms with Gasteiger partial charge < -0.3 is 14.2 Å². The predicted molar refractivity (Wildman–Crippen MR) is 357 cm³/mol. The van der Waals surface area contributed by atoms with Gasteiger partial charge in [-0.25, -0.2) is 0 Å². The molecule has 0 aromatic carbocycles. The first-order chi connectivity index (χ1) is 40.5. The fraction of sp³-hybridized carbons (Fsp3) is 0.697. The lowest BCUT2D eigenvalue weighted by Gasteiger charge is -2.18. The Balaban J connectivity index is 4.40. The number of carbonyl (C=O) groups is 3. The molecule has 6 heteroatoms. The SMILES string of the molecule is CC/C=C\C/C=C\C/C=C\C/C=C\C/C=C\C/C=C\CCCCCCCCCCC(=O)OCC(COC(=O)CCCCCCCCCCCCCCCCCCCC)OC(=O)CCCCCCCC/C=C\C/C=C\C/C=C\C/C=C\CC. The Kier molecular flexibility index (Phi) is 65.8. The minimum atomic E-state index is -0.793. The van der Waals surface area contributed by atoms with E-state index in [1.807, 2.05) is 0 Å². The number of ether oxygens (including phenoxy) is 3. The molecule has 0 fully saturated rings. The Morgan fingerprint density at radius 3 is 0.744 bits per heavy atom. The highest BCUT2D eigenvalue weighted by Crippen LogP contribution is 2.17. The quantitative estimate of drug-likeness (QED) is 0.0261. The molecule has 0 spiro atoms. The van der Waals surface area contributed by atoms with Crippen molar-refractivity contribution in [3.05, 3.63) is 122 Å². The van der Waals surface area contributed by atoms with Crippen LogP contribution in [0.3, 0.4) is 0 Å². The van der Waals surface area contributed by atoms with Gasteiger partial charge in [0.2, 0.25) is 0 Å². The van der Waals surface area contributed by atoms with Crippen molar-refractivity contribution in [1.82, 2.24) is 0 Å². The molecular formula is C76H128O6. The molecule has 0 aromatic heterocycles. The molecule has 0 amide bonds. The smallest absolute Gasteiger partial charge is 0.306 e. The average molecular weight is 1140 g/mol. The van der Waals surface area contributed by atoms with Gasteiger partial charge in [0.15, 0.2) is 6.10 Å². The highest BCUT2D eigenvalue weighted by atomic mass is 16.6. The van der Waals surface area contributed by atoms with Gasteiger partial charge in [-0.15, -0.1) is 0 Å². The Bertz CT molecular complexity index is 1690. The molecule has 468 valence electrons. The Morgan fingerprint density at radius 1 is 0.256 bits per heavy atom. The summed E-state index contributed by atoms with van der Waals surface area (Å²) in [5.74, 6) is -0.896.